The van der Waals surface area contributed by atoms with E-state index in [1.807, 2.05) is 13.8 Å². The third-order valence-electron chi connectivity index (χ3n) is 3.45. The normalized spacial score (nSPS) is 13.1. The van der Waals surface area contributed by atoms with Crippen molar-refractivity contribution in [2.24, 2.45) is 5.92 Å². The molecule has 5 nitrogen and oxygen atoms in total. The fraction of sp³-hybridized carbons (Fsp3) is 0.412. The van der Waals surface area contributed by atoms with Crippen LogP contribution in [0.3, 0.4) is 0 Å². The van der Waals surface area contributed by atoms with E-state index in [4.69, 9.17) is 9.15 Å². The molecule has 0 aliphatic carbocycles. The van der Waals surface area contributed by atoms with Gasteiger partial charge in [-0.2, -0.15) is 13.2 Å². The van der Waals surface area contributed by atoms with E-state index < -0.39 is 29.4 Å². The summed E-state index contributed by atoms with van der Waals surface area (Å²) in [6.45, 7) is 3.77. The molecule has 1 atom stereocenters. The Morgan fingerprint density at radius 1 is 1.24 bits per heavy atom. The predicted octanol–water partition coefficient (Wildman–Crippen LogP) is 3.78. The molecule has 0 saturated heterocycles. The maximum absolute atomic E-state index is 13.0. The Kier molecular flexibility index (Phi) is 5.39. The van der Waals surface area contributed by atoms with Gasteiger partial charge in [0.25, 0.3) is 0 Å². The summed E-state index contributed by atoms with van der Waals surface area (Å²) in [6.07, 6.45) is -5.25. The van der Waals surface area contributed by atoms with Gasteiger partial charge in [0.1, 0.15) is 11.3 Å². The van der Waals surface area contributed by atoms with Gasteiger partial charge in [0.2, 0.25) is 0 Å². The minimum Gasteiger partial charge on any atom is -0.479 e. The van der Waals surface area contributed by atoms with Gasteiger partial charge in [0, 0.05) is 17.5 Å². The maximum atomic E-state index is 13.0. The van der Waals surface area contributed by atoms with Gasteiger partial charge >= 0.3 is 17.8 Å². The topological polar surface area (TPSA) is 65.7 Å². The molecule has 0 unspecified atom stereocenters. The van der Waals surface area contributed by atoms with Gasteiger partial charge in [-0.05, 0) is 24.5 Å². The van der Waals surface area contributed by atoms with E-state index >= 15 is 0 Å². The summed E-state index contributed by atoms with van der Waals surface area (Å²) >= 11 is 0. The highest BCUT2D eigenvalue weighted by Crippen LogP contribution is 2.35. The molecule has 0 N–H and O–H groups in total. The van der Waals surface area contributed by atoms with Gasteiger partial charge in [-0.3, -0.25) is 0 Å². The molecule has 0 aliphatic rings. The predicted molar refractivity (Wildman–Crippen MR) is 83.4 cm³/mol. The fourth-order valence-corrected chi connectivity index (χ4v) is 2.37. The van der Waals surface area contributed by atoms with Crippen LogP contribution in [0.1, 0.15) is 25.8 Å². The highest BCUT2D eigenvalue weighted by molar-refractivity contribution is 5.82. The minimum atomic E-state index is -4.69. The van der Waals surface area contributed by atoms with Gasteiger partial charge in [-0.25, -0.2) is 9.59 Å². The number of halogens is 3. The number of rotatable bonds is 5. The van der Waals surface area contributed by atoms with E-state index in [2.05, 4.69) is 4.74 Å². The van der Waals surface area contributed by atoms with Crippen molar-refractivity contribution in [3.63, 3.8) is 0 Å². The smallest absolute Gasteiger partial charge is 0.417 e. The lowest BCUT2D eigenvalue weighted by atomic mass is 10.1. The quantitative estimate of drug-likeness (QED) is 0.601. The second kappa shape index (κ2) is 7.16. The van der Waals surface area contributed by atoms with Crippen LogP contribution in [0.4, 0.5) is 13.2 Å². The van der Waals surface area contributed by atoms with Crippen LogP contribution in [-0.4, -0.2) is 19.2 Å². The van der Waals surface area contributed by atoms with Crippen molar-refractivity contribution in [2.45, 2.75) is 32.5 Å². The number of ether oxygens (including phenoxy) is 2. The third-order valence-corrected chi connectivity index (χ3v) is 3.45. The number of fused-ring (bicyclic) bond motifs is 1. The molecular weight excluding hydrogens is 341 g/mol. The van der Waals surface area contributed by atoms with Crippen LogP contribution in [0, 0.1) is 5.92 Å². The summed E-state index contributed by atoms with van der Waals surface area (Å²) < 4.78 is 54.1. The molecule has 0 fully saturated rings. The summed E-state index contributed by atoms with van der Waals surface area (Å²) in [7, 11) is 1.22. The minimum absolute atomic E-state index is 0.103. The van der Waals surface area contributed by atoms with Crippen molar-refractivity contribution in [2.75, 3.05) is 7.11 Å². The summed E-state index contributed by atoms with van der Waals surface area (Å²) in [5, 5.41) is -0.266. The highest BCUT2D eigenvalue weighted by Gasteiger charge is 2.34. The van der Waals surface area contributed by atoms with Gasteiger partial charge in [0.05, 0.1) is 12.7 Å². The Bertz CT molecular complexity index is 823. The first-order chi connectivity index (χ1) is 11.6. The molecule has 2 aromatic rings. The highest BCUT2D eigenvalue weighted by atomic mass is 19.4. The molecule has 8 heteroatoms. The molecule has 1 heterocycles. The van der Waals surface area contributed by atoms with Crippen LogP contribution in [0.25, 0.3) is 11.0 Å². The first-order valence-corrected chi connectivity index (χ1v) is 7.51. The first-order valence-electron chi connectivity index (χ1n) is 7.51. The molecule has 136 valence electrons. The zero-order chi connectivity index (χ0) is 18.8. The van der Waals surface area contributed by atoms with Gasteiger partial charge < -0.3 is 13.9 Å². The zero-order valence-electron chi connectivity index (χ0n) is 13.8. The fourth-order valence-electron chi connectivity index (χ4n) is 2.37. The largest absolute Gasteiger partial charge is 0.479 e. The van der Waals surface area contributed by atoms with Gasteiger partial charge in [-0.1, -0.05) is 13.8 Å². The van der Waals surface area contributed by atoms with Crippen LogP contribution in [-0.2, 0) is 15.7 Å². The Hall–Kier alpha value is -2.51. The van der Waals surface area contributed by atoms with Crippen LogP contribution in [0.5, 0.6) is 5.75 Å². The first kappa shape index (κ1) is 18.8. The molecule has 2 rings (SSSR count). The molecule has 0 spiro atoms. The number of esters is 1. The van der Waals surface area contributed by atoms with E-state index in [0.29, 0.717) is 12.5 Å². The molecule has 0 amide bonds. The number of methoxy groups -OCH3 is 1. The number of carbonyl (C=O) groups is 1. The van der Waals surface area contributed by atoms with Crippen LogP contribution < -0.4 is 10.4 Å². The number of hydrogen-bond donors (Lipinski definition) is 0. The molecule has 0 aliphatic heterocycles. The number of hydrogen-bond acceptors (Lipinski definition) is 5. The number of alkyl halides is 3. The third kappa shape index (κ3) is 4.52. The second-order valence-electron chi connectivity index (χ2n) is 5.89. The number of carbonyl (C=O) groups excluding carboxylic acids is 1. The Balaban J connectivity index is 2.44. The SMILES string of the molecule is COC(=O)[C@@H](CC(C)C)Oc1ccc2c(C(F)(F)F)cc(=O)oc2c1. The van der Waals surface area contributed by atoms with Crippen LogP contribution >= 0.6 is 0 Å². The van der Waals surface area contributed by atoms with E-state index in [9.17, 15) is 22.8 Å². The lowest BCUT2D eigenvalue weighted by molar-refractivity contribution is -0.149. The average Bonchev–Trinajstić information content (AvgIpc) is 2.51. The molecular formula is C17H17F3O5. The summed E-state index contributed by atoms with van der Waals surface area (Å²) in [6, 6.07) is 3.98. The zero-order valence-corrected chi connectivity index (χ0v) is 13.8. The molecule has 1 aromatic heterocycles. The molecule has 1 aromatic carbocycles. The van der Waals surface area contributed by atoms with Crippen LogP contribution in [0.2, 0.25) is 0 Å². The van der Waals surface area contributed by atoms with E-state index in [-0.39, 0.29) is 22.6 Å². The van der Waals surface area contributed by atoms with Crippen molar-refractivity contribution >= 4 is 16.9 Å². The molecule has 0 saturated carbocycles. The molecule has 25 heavy (non-hydrogen) atoms. The van der Waals surface area contributed by atoms with Crippen molar-refractivity contribution in [1.29, 1.82) is 0 Å². The summed E-state index contributed by atoms with van der Waals surface area (Å²) in [5.74, 6) is -0.371. The van der Waals surface area contributed by atoms with Crippen molar-refractivity contribution in [3.8, 4) is 5.75 Å². The maximum Gasteiger partial charge on any atom is 0.417 e. The van der Waals surface area contributed by atoms with E-state index in [1.165, 1.54) is 13.2 Å². The lowest BCUT2D eigenvalue weighted by Crippen LogP contribution is -2.30. The Labute approximate surface area is 141 Å². The molecule has 0 radical (unpaired) electrons. The van der Waals surface area contributed by atoms with Gasteiger partial charge in [-0.15, -0.1) is 0 Å². The van der Waals surface area contributed by atoms with Crippen molar-refractivity contribution < 1.29 is 31.9 Å². The van der Waals surface area contributed by atoms with Crippen LogP contribution in [0.15, 0.2) is 33.5 Å². The monoisotopic (exact) mass is 358 g/mol. The van der Waals surface area contributed by atoms with Crippen molar-refractivity contribution in [3.05, 3.63) is 40.2 Å². The Morgan fingerprint density at radius 3 is 2.48 bits per heavy atom. The lowest BCUT2D eigenvalue weighted by Gasteiger charge is -2.19. The number of benzene rings is 1. The summed E-state index contributed by atoms with van der Waals surface area (Å²) in [4.78, 5) is 23.2. The van der Waals surface area contributed by atoms with Crippen molar-refractivity contribution in [1.82, 2.24) is 0 Å². The second-order valence-corrected chi connectivity index (χ2v) is 5.89. The van der Waals surface area contributed by atoms with Gasteiger partial charge in [0.15, 0.2) is 6.10 Å². The molecule has 0 bridgehead atoms. The Morgan fingerprint density at radius 2 is 1.92 bits per heavy atom. The average molecular weight is 358 g/mol. The standard InChI is InChI=1S/C17H17F3O5/c1-9(2)6-14(16(22)23-3)24-10-4-5-11-12(17(18,19)20)8-15(21)25-13(11)7-10/h4-5,7-9,14H,6H2,1-3H3/t14-/m1/s1. The summed E-state index contributed by atoms with van der Waals surface area (Å²) in [5.41, 5.74) is -2.48. The van der Waals surface area contributed by atoms with E-state index in [1.54, 1.807) is 0 Å². The van der Waals surface area contributed by atoms with E-state index in [0.717, 1.165) is 12.1 Å².